The zero-order chi connectivity index (χ0) is 20.1. The Morgan fingerprint density at radius 3 is 2.76 bits per heavy atom. The van der Waals surface area contributed by atoms with E-state index in [2.05, 4.69) is 54.8 Å². The number of hydrogen-bond acceptors (Lipinski definition) is 3. The molecule has 4 heteroatoms. The third kappa shape index (κ3) is 4.60. The van der Waals surface area contributed by atoms with Crippen molar-refractivity contribution in [3.8, 4) is 5.75 Å². The van der Waals surface area contributed by atoms with Crippen molar-refractivity contribution in [1.29, 1.82) is 0 Å². The molecule has 29 heavy (non-hydrogen) atoms. The molecule has 0 saturated carbocycles. The number of furan rings is 1. The van der Waals surface area contributed by atoms with E-state index in [1.807, 2.05) is 30.4 Å². The fraction of sp³-hybridized carbons (Fsp3) is 0.240. The van der Waals surface area contributed by atoms with Crippen LogP contribution in [-0.2, 0) is 6.54 Å². The molecule has 0 saturated heterocycles. The molecule has 0 amide bonds. The van der Waals surface area contributed by atoms with Crippen molar-refractivity contribution in [2.45, 2.75) is 33.2 Å². The molecule has 0 N–H and O–H groups in total. The summed E-state index contributed by atoms with van der Waals surface area (Å²) in [7, 11) is 0. The molecular formula is C25H26N2O2. The van der Waals surface area contributed by atoms with Crippen LogP contribution >= 0.6 is 0 Å². The van der Waals surface area contributed by atoms with Crippen LogP contribution in [0, 0.1) is 13.8 Å². The normalized spacial score (nSPS) is 11.5. The number of nitrogens with zero attached hydrogens (tertiary/aromatic N) is 2. The van der Waals surface area contributed by atoms with Gasteiger partial charge in [-0.3, -0.25) is 0 Å². The number of aryl methyl sites for hydroxylation is 3. The van der Waals surface area contributed by atoms with Gasteiger partial charge in [-0.25, -0.2) is 4.98 Å². The summed E-state index contributed by atoms with van der Waals surface area (Å²) in [5.74, 6) is 2.75. The zero-order valence-corrected chi connectivity index (χ0v) is 17.0. The molecule has 0 spiro atoms. The van der Waals surface area contributed by atoms with E-state index in [-0.39, 0.29) is 0 Å². The van der Waals surface area contributed by atoms with E-state index in [1.165, 1.54) is 11.1 Å². The monoisotopic (exact) mass is 386 g/mol. The summed E-state index contributed by atoms with van der Waals surface area (Å²) in [6, 6.07) is 18.4. The molecular weight excluding hydrogens is 360 g/mol. The molecule has 2 aromatic heterocycles. The highest BCUT2D eigenvalue weighted by Crippen LogP contribution is 2.21. The summed E-state index contributed by atoms with van der Waals surface area (Å²) >= 11 is 0. The van der Waals surface area contributed by atoms with Crippen LogP contribution in [-0.4, -0.2) is 16.2 Å². The smallest absolute Gasteiger partial charge is 0.133 e. The number of hydrogen-bond donors (Lipinski definition) is 0. The largest absolute Gasteiger partial charge is 0.493 e. The van der Waals surface area contributed by atoms with Crippen LogP contribution in [0.1, 0.15) is 35.6 Å². The molecule has 0 atom stereocenters. The topological polar surface area (TPSA) is 40.2 Å². The quantitative estimate of drug-likeness (QED) is 0.335. The van der Waals surface area contributed by atoms with Crippen molar-refractivity contribution >= 4 is 23.2 Å². The summed E-state index contributed by atoms with van der Waals surface area (Å²) in [5, 5.41) is 0. The van der Waals surface area contributed by atoms with Crippen molar-refractivity contribution < 1.29 is 9.15 Å². The number of fused-ring (bicyclic) bond motifs is 1. The molecule has 2 aromatic carbocycles. The molecule has 4 aromatic rings. The predicted molar refractivity (Wildman–Crippen MR) is 118 cm³/mol. The van der Waals surface area contributed by atoms with Crippen LogP contribution in [0.25, 0.3) is 23.2 Å². The Morgan fingerprint density at radius 1 is 1.00 bits per heavy atom. The molecule has 0 fully saturated rings. The molecule has 0 bridgehead atoms. The minimum Gasteiger partial charge on any atom is -0.493 e. The van der Waals surface area contributed by atoms with Gasteiger partial charge in [-0.2, -0.15) is 0 Å². The van der Waals surface area contributed by atoms with Gasteiger partial charge in [0.2, 0.25) is 0 Å². The summed E-state index contributed by atoms with van der Waals surface area (Å²) in [6.45, 7) is 5.79. The number of imidazole rings is 1. The van der Waals surface area contributed by atoms with E-state index in [9.17, 15) is 0 Å². The van der Waals surface area contributed by atoms with Gasteiger partial charge in [0.25, 0.3) is 0 Å². The first-order chi connectivity index (χ1) is 14.2. The predicted octanol–water partition coefficient (Wildman–Crippen LogP) is 6.28. The van der Waals surface area contributed by atoms with Gasteiger partial charge in [-0.15, -0.1) is 0 Å². The Hall–Kier alpha value is -3.27. The molecule has 4 rings (SSSR count). The fourth-order valence-electron chi connectivity index (χ4n) is 3.42. The number of benzene rings is 2. The minimum absolute atomic E-state index is 0.717. The van der Waals surface area contributed by atoms with Gasteiger partial charge < -0.3 is 13.7 Å². The van der Waals surface area contributed by atoms with Crippen molar-refractivity contribution in [3.63, 3.8) is 0 Å². The first kappa shape index (κ1) is 19.1. The number of aromatic nitrogens is 2. The van der Waals surface area contributed by atoms with Gasteiger partial charge in [0, 0.05) is 6.54 Å². The Bertz CT molecular complexity index is 1110. The minimum atomic E-state index is 0.717. The second-order valence-electron chi connectivity index (χ2n) is 7.28. The maximum absolute atomic E-state index is 6.00. The zero-order valence-electron chi connectivity index (χ0n) is 17.0. The van der Waals surface area contributed by atoms with E-state index in [4.69, 9.17) is 14.1 Å². The summed E-state index contributed by atoms with van der Waals surface area (Å²) < 4.78 is 13.7. The Morgan fingerprint density at radius 2 is 1.90 bits per heavy atom. The highest BCUT2D eigenvalue weighted by atomic mass is 16.5. The van der Waals surface area contributed by atoms with Crippen LogP contribution in [0.4, 0.5) is 0 Å². The van der Waals surface area contributed by atoms with E-state index < -0.39 is 0 Å². The van der Waals surface area contributed by atoms with Crippen molar-refractivity contribution in [2.24, 2.45) is 0 Å². The maximum atomic E-state index is 6.00. The first-order valence-electron chi connectivity index (χ1n) is 10.1. The van der Waals surface area contributed by atoms with E-state index in [1.54, 1.807) is 6.26 Å². The van der Waals surface area contributed by atoms with E-state index in [0.717, 1.165) is 47.8 Å². The van der Waals surface area contributed by atoms with Gasteiger partial charge in [0.1, 0.15) is 17.3 Å². The van der Waals surface area contributed by atoms with E-state index >= 15 is 0 Å². The first-order valence-corrected chi connectivity index (χ1v) is 10.1. The van der Waals surface area contributed by atoms with Gasteiger partial charge >= 0.3 is 0 Å². The molecule has 148 valence electrons. The second kappa shape index (κ2) is 8.82. The maximum Gasteiger partial charge on any atom is 0.133 e. The van der Waals surface area contributed by atoms with Crippen LogP contribution in [0.2, 0.25) is 0 Å². The lowest BCUT2D eigenvalue weighted by Gasteiger charge is -2.11. The summed E-state index contributed by atoms with van der Waals surface area (Å²) in [4.78, 5) is 4.78. The Kier molecular flexibility index (Phi) is 5.80. The molecule has 4 nitrogen and oxygen atoms in total. The van der Waals surface area contributed by atoms with Gasteiger partial charge in [0.15, 0.2) is 0 Å². The van der Waals surface area contributed by atoms with Crippen LogP contribution in [0.5, 0.6) is 5.75 Å². The van der Waals surface area contributed by atoms with Crippen LogP contribution in [0.15, 0.2) is 65.3 Å². The van der Waals surface area contributed by atoms with Crippen LogP contribution < -0.4 is 4.74 Å². The second-order valence-corrected chi connectivity index (χ2v) is 7.28. The summed E-state index contributed by atoms with van der Waals surface area (Å²) in [5.41, 5.74) is 4.57. The lowest BCUT2D eigenvalue weighted by atomic mass is 10.1. The Balaban J connectivity index is 1.41. The highest BCUT2D eigenvalue weighted by Gasteiger charge is 2.08. The summed E-state index contributed by atoms with van der Waals surface area (Å²) in [6.07, 6.45) is 7.67. The lowest BCUT2D eigenvalue weighted by Crippen LogP contribution is -2.04. The van der Waals surface area contributed by atoms with Gasteiger partial charge in [-0.1, -0.05) is 24.3 Å². The molecule has 0 aliphatic carbocycles. The average Bonchev–Trinajstić information content (AvgIpc) is 3.36. The third-order valence-electron chi connectivity index (χ3n) is 5.00. The lowest BCUT2D eigenvalue weighted by molar-refractivity contribution is 0.301. The highest BCUT2D eigenvalue weighted by molar-refractivity contribution is 5.79. The molecule has 0 aliphatic rings. The van der Waals surface area contributed by atoms with Crippen molar-refractivity contribution in [2.75, 3.05) is 6.61 Å². The van der Waals surface area contributed by atoms with Crippen LogP contribution in [0.3, 0.4) is 0 Å². The Labute approximate surface area is 171 Å². The third-order valence-corrected chi connectivity index (χ3v) is 5.00. The molecule has 2 heterocycles. The number of ether oxygens (including phenoxy) is 1. The molecule has 0 unspecified atom stereocenters. The van der Waals surface area contributed by atoms with Crippen molar-refractivity contribution in [1.82, 2.24) is 9.55 Å². The van der Waals surface area contributed by atoms with E-state index in [0.29, 0.717) is 6.61 Å². The van der Waals surface area contributed by atoms with Crippen molar-refractivity contribution in [3.05, 3.63) is 83.6 Å². The number of rotatable bonds is 8. The molecule has 0 aliphatic heterocycles. The molecule has 0 radical (unpaired) electrons. The fourth-order valence-corrected chi connectivity index (χ4v) is 3.42. The average molecular weight is 386 g/mol. The van der Waals surface area contributed by atoms with Gasteiger partial charge in [-0.05, 0) is 80.3 Å². The number of unbranched alkanes of at least 4 members (excludes halogenated alkanes) is 1. The standard InChI is InChI=1S/C25H26N2O2/c1-19-11-12-20(2)24(18-19)29-16-6-5-15-27-23-10-4-3-9-22(23)26-25(27)14-13-21-8-7-17-28-21/h3-4,7-14,17-18H,5-6,15-16H2,1-2H3/b14-13+. The number of para-hydroxylation sites is 2. The SMILES string of the molecule is Cc1ccc(C)c(OCCCCn2c(/C=C/c3ccco3)nc3ccccc32)c1. The van der Waals surface area contributed by atoms with Gasteiger partial charge in [0.05, 0.1) is 23.9 Å².